The summed E-state index contributed by atoms with van der Waals surface area (Å²) in [7, 11) is 0. The monoisotopic (exact) mass is 633 g/mol. The van der Waals surface area contributed by atoms with Crippen molar-refractivity contribution < 1.29 is 52.4 Å². The summed E-state index contributed by atoms with van der Waals surface area (Å²) >= 11 is 0. The van der Waals surface area contributed by atoms with Crippen LogP contribution in [-0.2, 0) is 55.9 Å². The van der Waals surface area contributed by atoms with E-state index < -0.39 is 67.0 Å². The molecule has 0 aliphatic carbocycles. The third-order valence-electron chi connectivity index (χ3n) is 6.80. The highest BCUT2D eigenvalue weighted by Gasteiger charge is 2.52. The maximum absolute atomic E-state index is 13.5. The van der Waals surface area contributed by atoms with Gasteiger partial charge in [0.2, 0.25) is 6.29 Å². The highest BCUT2D eigenvalue weighted by molar-refractivity contribution is 5.94. The number of esters is 4. The number of ether oxygens (including phenoxy) is 6. The maximum atomic E-state index is 13.5. The Morgan fingerprint density at radius 3 is 1.87 bits per heavy atom. The second-order valence-corrected chi connectivity index (χ2v) is 10.4. The molecule has 3 aromatic rings. The predicted molar refractivity (Wildman–Crippen MR) is 161 cm³/mol. The van der Waals surface area contributed by atoms with Crippen LogP contribution in [0.1, 0.15) is 42.3 Å². The maximum Gasteiger partial charge on any atom is 0.312 e. The van der Waals surface area contributed by atoms with E-state index in [1.165, 1.54) is 19.1 Å². The topological polar surface area (TPSA) is 153 Å². The van der Waals surface area contributed by atoms with Gasteiger partial charge >= 0.3 is 23.9 Å². The molecule has 0 saturated carbocycles. The van der Waals surface area contributed by atoms with Gasteiger partial charge in [-0.3, -0.25) is 24.0 Å². The van der Waals surface area contributed by atoms with Crippen molar-refractivity contribution in [3.63, 3.8) is 0 Å². The van der Waals surface area contributed by atoms with Crippen LogP contribution in [-0.4, -0.2) is 67.0 Å². The minimum Gasteiger partial charge on any atom is -0.489 e. The van der Waals surface area contributed by atoms with E-state index in [0.29, 0.717) is 17.9 Å². The van der Waals surface area contributed by atoms with Crippen molar-refractivity contribution >= 4 is 29.8 Å². The second-order valence-electron chi connectivity index (χ2n) is 10.4. The third kappa shape index (κ3) is 9.89. The van der Waals surface area contributed by atoms with Crippen LogP contribution in [0.4, 0.5) is 0 Å². The highest BCUT2D eigenvalue weighted by Crippen LogP contribution is 2.29. The molecule has 242 valence electrons. The van der Waals surface area contributed by atoms with Crippen LogP contribution < -0.4 is 10.1 Å². The third-order valence-corrected chi connectivity index (χ3v) is 6.80. The Morgan fingerprint density at radius 2 is 1.28 bits per heavy atom. The summed E-state index contributed by atoms with van der Waals surface area (Å²) < 4.78 is 33.6. The van der Waals surface area contributed by atoms with E-state index in [4.69, 9.17) is 28.4 Å². The number of rotatable bonds is 12. The van der Waals surface area contributed by atoms with Gasteiger partial charge in [0, 0.05) is 26.3 Å². The molecule has 0 bridgehead atoms. The summed E-state index contributed by atoms with van der Waals surface area (Å²) in [6.45, 7) is 3.34. The fourth-order valence-corrected chi connectivity index (χ4v) is 4.77. The number of hydrogen-bond donors (Lipinski definition) is 1. The van der Waals surface area contributed by atoms with Gasteiger partial charge in [-0.05, 0) is 35.4 Å². The standard InChI is InChI=1S/C34H35NO11/c1-21(36)41-20-28-31(43-22(2)37)32(44-23(3)38)30(34(45-28)46-29(39)18-24-10-6-4-7-11-24)35-33(40)26-14-16-27(17-15-26)42-19-25-12-8-5-9-13-25/h4-17,28,30-32,34H,18-20H2,1-3H3,(H,35,40)/t28-,30-,31-,32-,34?/m1/s1. The first kappa shape index (κ1) is 33.7. The van der Waals surface area contributed by atoms with Crippen LogP contribution in [0.15, 0.2) is 84.9 Å². The van der Waals surface area contributed by atoms with E-state index in [9.17, 15) is 24.0 Å². The van der Waals surface area contributed by atoms with Gasteiger partial charge in [-0.2, -0.15) is 0 Å². The van der Waals surface area contributed by atoms with Gasteiger partial charge in [0.05, 0.1) is 6.42 Å². The average Bonchev–Trinajstić information content (AvgIpc) is 3.02. The van der Waals surface area contributed by atoms with Crippen molar-refractivity contribution in [1.82, 2.24) is 5.32 Å². The molecule has 1 unspecified atom stereocenters. The van der Waals surface area contributed by atoms with Gasteiger partial charge in [-0.1, -0.05) is 60.7 Å². The molecule has 1 aliphatic rings. The number of benzene rings is 3. The SMILES string of the molecule is CC(=O)OC[C@H]1OC(OC(=O)Cc2ccccc2)[C@H](NC(=O)c2ccc(OCc3ccccc3)cc2)[C@@H](OC(C)=O)[C@@H]1OC(C)=O. The van der Waals surface area contributed by atoms with Crippen LogP contribution in [0.3, 0.4) is 0 Å². The summed E-state index contributed by atoms with van der Waals surface area (Å²) in [5, 5.41) is 2.72. The quantitative estimate of drug-likeness (QED) is 0.231. The predicted octanol–water partition coefficient (Wildman–Crippen LogP) is 3.30. The van der Waals surface area contributed by atoms with E-state index in [0.717, 1.165) is 19.4 Å². The number of hydrogen-bond acceptors (Lipinski definition) is 11. The molecule has 12 heteroatoms. The van der Waals surface area contributed by atoms with Gasteiger partial charge < -0.3 is 33.7 Å². The molecule has 12 nitrogen and oxygen atoms in total. The number of nitrogens with one attached hydrogen (secondary N) is 1. The summed E-state index contributed by atoms with van der Waals surface area (Å²) in [5.41, 5.74) is 1.83. The zero-order valence-electron chi connectivity index (χ0n) is 25.6. The minimum absolute atomic E-state index is 0.133. The fraction of sp³-hybridized carbons (Fsp3) is 0.324. The van der Waals surface area contributed by atoms with Crippen molar-refractivity contribution in [3.05, 3.63) is 102 Å². The Balaban J connectivity index is 1.59. The molecule has 1 amide bonds. The number of amides is 1. The Kier molecular flexibility index (Phi) is 11.8. The minimum atomic E-state index is -1.54. The molecule has 1 aliphatic heterocycles. The van der Waals surface area contributed by atoms with E-state index in [1.54, 1.807) is 42.5 Å². The lowest BCUT2D eigenvalue weighted by Crippen LogP contribution is -2.67. The molecular formula is C34H35NO11. The number of carbonyl (C=O) groups excluding carboxylic acids is 5. The largest absolute Gasteiger partial charge is 0.489 e. The van der Waals surface area contributed by atoms with Gasteiger partial charge in [0.15, 0.2) is 12.2 Å². The second kappa shape index (κ2) is 16.2. The van der Waals surface area contributed by atoms with Gasteiger partial charge in [-0.15, -0.1) is 0 Å². The zero-order valence-corrected chi connectivity index (χ0v) is 25.6. The molecule has 5 atom stereocenters. The lowest BCUT2D eigenvalue weighted by molar-refractivity contribution is -0.270. The molecule has 1 heterocycles. The summed E-state index contributed by atoms with van der Waals surface area (Å²) in [5.74, 6) is -3.01. The lowest BCUT2D eigenvalue weighted by atomic mass is 9.95. The van der Waals surface area contributed by atoms with Crippen LogP contribution >= 0.6 is 0 Å². The number of carbonyl (C=O) groups is 5. The summed E-state index contributed by atoms with van der Waals surface area (Å²) in [6.07, 6.45) is -5.63. The Hall–Kier alpha value is -5.23. The fourth-order valence-electron chi connectivity index (χ4n) is 4.77. The molecule has 0 aromatic heterocycles. The Labute approximate surface area is 265 Å². The Morgan fingerprint density at radius 1 is 0.696 bits per heavy atom. The summed E-state index contributed by atoms with van der Waals surface area (Å²) in [6, 6.07) is 23.3. The van der Waals surface area contributed by atoms with Crippen molar-refractivity contribution in [2.75, 3.05) is 6.61 Å². The lowest BCUT2D eigenvalue weighted by Gasteiger charge is -2.44. The first-order valence-corrected chi connectivity index (χ1v) is 14.5. The van der Waals surface area contributed by atoms with Crippen molar-refractivity contribution in [1.29, 1.82) is 0 Å². The van der Waals surface area contributed by atoms with Crippen molar-refractivity contribution in [2.45, 2.75) is 64.4 Å². The van der Waals surface area contributed by atoms with Gasteiger partial charge in [0.25, 0.3) is 5.91 Å². The molecule has 0 spiro atoms. The van der Waals surface area contributed by atoms with E-state index in [-0.39, 0.29) is 12.0 Å². The van der Waals surface area contributed by atoms with E-state index >= 15 is 0 Å². The van der Waals surface area contributed by atoms with Gasteiger partial charge in [0.1, 0.15) is 31.1 Å². The highest BCUT2D eigenvalue weighted by atomic mass is 16.7. The van der Waals surface area contributed by atoms with Gasteiger partial charge in [-0.25, -0.2) is 0 Å². The normalized spacial score (nSPS) is 20.5. The average molecular weight is 634 g/mol. The van der Waals surface area contributed by atoms with Crippen LogP contribution in [0.5, 0.6) is 5.75 Å². The van der Waals surface area contributed by atoms with Crippen LogP contribution in [0.25, 0.3) is 0 Å². The van der Waals surface area contributed by atoms with Crippen molar-refractivity contribution in [2.24, 2.45) is 0 Å². The Bertz CT molecular complexity index is 1490. The van der Waals surface area contributed by atoms with E-state index in [1.807, 2.05) is 30.3 Å². The molecule has 1 N–H and O–H groups in total. The summed E-state index contributed by atoms with van der Waals surface area (Å²) in [4.78, 5) is 62.5. The molecule has 0 radical (unpaired) electrons. The molecular weight excluding hydrogens is 598 g/mol. The molecule has 4 rings (SSSR count). The van der Waals surface area contributed by atoms with Crippen LogP contribution in [0.2, 0.25) is 0 Å². The van der Waals surface area contributed by atoms with Crippen molar-refractivity contribution in [3.8, 4) is 5.75 Å². The van der Waals surface area contributed by atoms with E-state index in [2.05, 4.69) is 5.32 Å². The first-order chi connectivity index (χ1) is 22.1. The zero-order chi connectivity index (χ0) is 33.1. The molecule has 46 heavy (non-hydrogen) atoms. The molecule has 1 saturated heterocycles. The first-order valence-electron chi connectivity index (χ1n) is 14.5. The smallest absolute Gasteiger partial charge is 0.312 e. The van der Waals surface area contributed by atoms with Crippen LogP contribution in [0, 0.1) is 0 Å². The molecule has 3 aromatic carbocycles. The molecule has 1 fully saturated rings.